The summed E-state index contributed by atoms with van der Waals surface area (Å²) in [7, 11) is 1.45. The van der Waals surface area contributed by atoms with E-state index in [1.165, 1.54) is 25.6 Å². The number of amides is 1. The van der Waals surface area contributed by atoms with Gasteiger partial charge in [-0.3, -0.25) is 9.78 Å². The summed E-state index contributed by atoms with van der Waals surface area (Å²) >= 11 is 0. The molecule has 0 radical (unpaired) electrons. The molecular formula is C14H18N2O4. The Labute approximate surface area is 117 Å². The van der Waals surface area contributed by atoms with Crippen molar-refractivity contribution in [2.24, 2.45) is 0 Å². The van der Waals surface area contributed by atoms with Crippen LogP contribution in [0.1, 0.15) is 42.5 Å². The van der Waals surface area contributed by atoms with Crippen molar-refractivity contribution >= 4 is 11.9 Å². The van der Waals surface area contributed by atoms with Crippen LogP contribution in [0, 0.1) is 0 Å². The fraction of sp³-hybridized carbons (Fsp3) is 0.500. The van der Waals surface area contributed by atoms with Gasteiger partial charge in [0.15, 0.2) is 0 Å². The van der Waals surface area contributed by atoms with Crippen molar-refractivity contribution < 1.29 is 19.4 Å². The van der Waals surface area contributed by atoms with Gasteiger partial charge in [-0.15, -0.1) is 0 Å². The van der Waals surface area contributed by atoms with E-state index in [-0.39, 0.29) is 0 Å². The lowest BCUT2D eigenvalue weighted by Gasteiger charge is -2.34. The molecule has 20 heavy (non-hydrogen) atoms. The van der Waals surface area contributed by atoms with Crippen LogP contribution in [0.5, 0.6) is 5.75 Å². The van der Waals surface area contributed by atoms with E-state index in [1.54, 1.807) is 0 Å². The topological polar surface area (TPSA) is 88.5 Å². The first kappa shape index (κ1) is 14.3. The van der Waals surface area contributed by atoms with Crippen LogP contribution >= 0.6 is 0 Å². The quantitative estimate of drug-likeness (QED) is 0.873. The molecule has 1 amide bonds. The number of ether oxygens (including phenoxy) is 1. The van der Waals surface area contributed by atoms with Gasteiger partial charge in [-0.1, -0.05) is 19.3 Å². The second-order valence-electron chi connectivity index (χ2n) is 4.98. The number of hydrogen-bond donors (Lipinski definition) is 2. The highest BCUT2D eigenvalue weighted by atomic mass is 16.5. The van der Waals surface area contributed by atoms with E-state index in [0.29, 0.717) is 24.2 Å². The average molecular weight is 278 g/mol. The number of hydrogen-bond acceptors (Lipinski definition) is 4. The average Bonchev–Trinajstić information content (AvgIpc) is 2.48. The standard InChI is InChI=1S/C14H18N2O4/c1-20-11-9-15-8-5-10(11)12(17)16-14(13(18)19)6-3-2-4-7-14/h5,8-9H,2-4,6-7H2,1H3,(H,16,17)(H,18,19). The van der Waals surface area contributed by atoms with Crippen LogP contribution in [-0.4, -0.2) is 34.6 Å². The summed E-state index contributed by atoms with van der Waals surface area (Å²) in [6.45, 7) is 0. The summed E-state index contributed by atoms with van der Waals surface area (Å²) in [5.74, 6) is -1.08. The van der Waals surface area contributed by atoms with Crippen molar-refractivity contribution in [3.8, 4) is 5.75 Å². The van der Waals surface area contributed by atoms with Gasteiger partial charge in [0.2, 0.25) is 0 Å². The van der Waals surface area contributed by atoms with Crippen LogP contribution in [0.25, 0.3) is 0 Å². The maximum absolute atomic E-state index is 12.3. The molecule has 0 bridgehead atoms. The summed E-state index contributed by atoms with van der Waals surface area (Å²) in [5.41, 5.74) is -0.863. The fourth-order valence-corrected chi connectivity index (χ4v) is 2.56. The van der Waals surface area contributed by atoms with Crippen LogP contribution in [0.2, 0.25) is 0 Å². The van der Waals surface area contributed by atoms with Gasteiger partial charge >= 0.3 is 5.97 Å². The van der Waals surface area contributed by atoms with E-state index in [2.05, 4.69) is 10.3 Å². The Morgan fingerprint density at radius 3 is 2.65 bits per heavy atom. The molecule has 1 aliphatic carbocycles. The van der Waals surface area contributed by atoms with Crippen LogP contribution in [0.15, 0.2) is 18.5 Å². The van der Waals surface area contributed by atoms with Crippen molar-refractivity contribution in [1.82, 2.24) is 10.3 Å². The Kier molecular flexibility index (Phi) is 4.22. The molecule has 1 aliphatic rings. The third kappa shape index (κ3) is 2.74. The highest BCUT2D eigenvalue weighted by Crippen LogP contribution is 2.29. The lowest BCUT2D eigenvalue weighted by Crippen LogP contribution is -2.55. The zero-order valence-electron chi connectivity index (χ0n) is 11.4. The summed E-state index contributed by atoms with van der Waals surface area (Å²) in [4.78, 5) is 27.7. The minimum Gasteiger partial charge on any atom is -0.494 e. The molecule has 1 aromatic heterocycles. The second kappa shape index (κ2) is 5.90. The van der Waals surface area contributed by atoms with Gasteiger partial charge in [0, 0.05) is 6.20 Å². The molecule has 0 unspecified atom stereocenters. The first-order valence-electron chi connectivity index (χ1n) is 6.63. The largest absolute Gasteiger partial charge is 0.494 e. The number of nitrogens with one attached hydrogen (secondary N) is 1. The SMILES string of the molecule is COc1cnccc1C(=O)NC1(C(=O)O)CCCCC1. The maximum atomic E-state index is 12.3. The molecule has 0 spiro atoms. The number of carboxylic acids is 1. The number of pyridine rings is 1. The van der Waals surface area contributed by atoms with Gasteiger partial charge in [0.05, 0.1) is 18.9 Å². The maximum Gasteiger partial charge on any atom is 0.329 e. The van der Waals surface area contributed by atoms with Gasteiger partial charge in [0.25, 0.3) is 5.91 Å². The summed E-state index contributed by atoms with van der Waals surface area (Å²) in [6, 6.07) is 1.52. The van der Waals surface area contributed by atoms with E-state index < -0.39 is 17.4 Å². The number of rotatable bonds is 4. The molecule has 2 N–H and O–H groups in total. The molecule has 1 saturated carbocycles. The van der Waals surface area contributed by atoms with Crippen LogP contribution in [-0.2, 0) is 4.79 Å². The number of methoxy groups -OCH3 is 1. The molecule has 1 fully saturated rings. The molecule has 1 aromatic rings. The molecular weight excluding hydrogens is 260 g/mol. The lowest BCUT2D eigenvalue weighted by molar-refractivity contribution is -0.145. The minimum atomic E-state index is -1.16. The first-order valence-corrected chi connectivity index (χ1v) is 6.63. The van der Waals surface area contributed by atoms with Crippen LogP contribution in [0.3, 0.4) is 0 Å². The van der Waals surface area contributed by atoms with Crippen molar-refractivity contribution in [1.29, 1.82) is 0 Å². The van der Waals surface area contributed by atoms with Gasteiger partial charge in [-0.2, -0.15) is 0 Å². The Morgan fingerprint density at radius 2 is 2.05 bits per heavy atom. The Morgan fingerprint density at radius 1 is 1.35 bits per heavy atom. The fourth-order valence-electron chi connectivity index (χ4n) is 2.56. The molecule has 2 rings (SSSR count). The highest BCUT2D eigenvalue weighted by molar-refractivity contribution is 5.99. The molecule has 0 aliphatic heterocycles. The van der Waals surface area contributed by atoms with Crippen molar-refractivity contribution in [3.05, 3.63) is 24.0 Å². The Hall–Kier alpha value is -2.11. The minimum absolute atomic E-state index is 0.300. The third-order valence-corrected chi connectivity index (χ3v) is 3.72. The molecule has 108 valence electrons. The Balaban J connectivity index is 2.22. The zero-order chi connectivity index (χ0) is 14.6. The van der Waals surface area contributed by atoms with Crippen molar-refractivity contribution in [2.45, 2.75) is 37.6 Å². The van der Waals surface area contributed by atoms with Crippen LogP contribution < -0.4 is 10.1 Å². The number of carboxylic acid groups (broad SMARTS) is 1. The van der Waals surface area contributed by atoms with Gasteiger partial charge in [-0.25, -0.2) is 4.79 Å². The number of aliphatic carboxylic acids is 1. The van der Waals surface area contributed by atoms with E-state index in [9.17, 15) is 14.7 Å². The number of carbonyl (C=O) groups is 2. The van der Waals surface area contributed by atoms with E-state index in [1.807, 2.05) is 0 Å². The smallest absolute Gasteiger partial charge is 0.329 e. The molecule has 0 saturated heterocycles. The normalized spacial score (nSPS) is 17.2. The molecule has 1 heterocycles. The predicted molar refractivity (Wildman–Crippen MR) is 71.7 cm³/mol. The molecule has 0 atom stereocenters. The second-order valence-corrected chi connectivity index (χ2v) is 4.98. The monoisotopic (exact) mass is 278 g/mol. The molecule has 6 nitrogen and oxygen atoms in total. The third-order valence-electron chi connectivity index (χ3n) is 3.72. The Bertz CT molecular complexity index is 510. The zero-order valence-corrected chi connectivity index (χ0v) is 11.4. The molecule has 0 aromatic carbocycles. The van der Waals surface area contributed by atoms with Gasteiger partial charge in [-0.05, 0) is 18.9 Å². The van der Waals surface area contributed by atoms with Crippen molar-refractivity contribution in [3.63, 3.8) is 0 Å². The van der Waals surface area contributed by atoms with Gasteiger partial charge < -0.3 is 15.2 Å². The lowest BCUT2D eigenvalue weighted by atomic mass is 9.81. The van der Waals surface area contributed by atoms with Gasteiger partial charge in [0.1, 0.15) is 11.3 Å². The predicted octanol–water partition coefficient (Wildman–Crippen LogP) is 1.61. The van der Waals surface area contributed by atoms with Crippen LogP contribution in [0.4, 0.5) is 0 Å². The van der Waals surface area contributed by atoms with E-state index >= 15 is 0 Å². The first-order chi connectivity index (χ1) is 9.59. The summed E-state index contributed by atoms with van der Waals surface area (Å²) in [6.07, 6.45) is 6.45. The van der Waals surface area contributed by atoms with E-state index in [0.717, 1.165) is 19.3 Å². The van der Waals surface area contributed by atoms with E-state index in [4.69, 9.17) is 4.74 Å². The number of carbonyl (C=O) groups excluding carboxylic acids is 1. The highest BCUT2D eigenvalue weighted by Gasteiger charge is 2.41. The summed E-state index contributed by atoms with van der Waals surface area (Å²) < 4.78 is 5.08. The number of nitrogens with zero attached hydrogens (tertiary/aromatic N) is 1. The molecule has 6 heteroatoms. The summed E-state index contributed by atoms with van der Waals surface area (Å²) in [5, 5.41) is 12.1. The van der Waals surface area contributed by atoms with Crippen molar-refractivity contribution in [2.75, 3.05) is 7.11 Å². The number of aromatic nitrogens is 1.